The van der Waals surface area contributed by atoms with E-state index in [1.807, 2.05) is 0 Å². The normalized spacial score (nSPS) is 22.8. The van der Waals surface area contributed by atoms with Crippen molar-refractivity contribution in [3.05, 3.63) is 35.2 Å². The molecular weight excluding hydrogens is 232 g/mol. The van der Waals surface area contributed by atoms with Gasteiger partial charge in [-0.3, -0.25) is 0 Å². The maximum atomic E-state index is 6.34. The summed E-state index contributed by atoms with van der Waals surface area (Å²) >= 11 is 1.76. The van der Waals surface area contributed by atoms with Crippen molar-refractivity contribution >= 4 is 21.4 Å². The number of rotatable bonds is 2. The fourth-order valence-corrected chi connectivity index (χ4v) is 3.30. The summed E-state index contributed by atoms with van der Waals surface area (Å²) in [6.07, 6.45) is 0. The molecule has 0 saturated carbocycles. The van der Waals surface area contributed by atoms with E-state index in [9.17, 15) is 0 Å². The first kappa shape index (κ1) is 11.2. The van der Waals surface area contributed by atoms with Gasteiger partial charge in [0.05, 0.1) is 13.2 Å². The van der Waals surface area contributed by atoms with Crippen LogP contribution in [0.15, 0.2) is 29.6 Å². The number of thiophene rings is 1. The summed E-state index contributed by atoms with van der Waals surface area (Å²) in [6, 6.07) is 8.64. The highest BCUT2D eigenvalue weighted by Gasteiger charge is 2.23. The molecule has 2 aromatic rings. The third-order valence-electron chi connectivity index (χ3n) is 3.25. The Labute approximate surface area is 105 Å². The summed E-state index contributed by atoms with van der Waals surface area (Å²) < 4.78 is 6.77. The maximum absolute atomic E-state index is 6.34. The Bertz CT molecular complexity index is 505. The third kappa shape index (κ3) is 2.09. The van der Waals surface area contributed by atoms with Gasteiger partial charge in [-0.25, -0.2) is 0 Å². The van der Waals surface area contributed by atoms with Gasteiger partial charge in [0.15, 0.2) is 0 Å². The van der Waals surface area contributed by atoms with Gasteiger partial charge in [-0.05, 0) is 22.4 Å². The number of fused-ring (bicyclic) bond motifs is 1. The van der Waals surface area contributed by atoms with E-state index in [1.54, 1.807) is 11.3 Å². The van der Waals surface area contributed by atoms with Crippen molar-refractivity contribution in [2.24, 2.45) is 5.73 Å². The van der Waals surface area contributed by atoms with E-state index in [4.69, 9.17) is 10.5 Å². The van der Waals surface area contributed by atoms with Crippen LogP contribution in [0.3, 0.4) is 0 Å². The molecule has 1 aromatic heterocycles. The van der Waals surface area contributed by atoms with Gasteiger partial charge in [-0.1, -0.05) is 18.2 Å². The van der Waals surface area contributed by atoms with Crippen LogP contribution in [0.25, 0.3) is 10.1 Å². The van der Waals surface area contributed by atoms with Crippen molar-refractivity contribution in [3.8, 4) is 0 Å². The minimum Gasteiger partial charge on any atom is -0.378 e. The molecule has 2 atom stereocenters. The quantitative estimate of drug-likeness (QED) is 0.853. The smallest absolute Gasteiger partial charge is 0.0638 e. The van der Waals surface area contributed by atoms with E-state index in [0.29, 0.717) is 6.61 Å². The average molecular weight is 248 g/mol. The zero-order valence-electron chi connectivity index (χ0n) is 9.56. The van der Waals surface area contributed by atoms with Gasteiger partial charge < -0.3 is 15.8 Å². The topological polar surface area (TPSA) is 47.3 Å². The van der Waals surface area contributed by atoms with Gasteiger partial charge in [-0.2, -0.15) is 0 Å². The highest BCUT2D eigenvalue weighted by atomic mass is 32.1. The molecule has 1 saturated heterocycles. The van der Waals surface area contributed by atoms with Gasteiger partial charge in [0, 0.05) is 23.3 Å². The lowest BCUT2D eigenvalue weighted by atomic mass is 9.99. The van der Waals surface area contributed by atoms with Crippen molar-refractivity contribution in [1.29, 1.82) is 0 Å². The molecule has 0 amide bonds. The lowest BCUT2D eigenvalue weighted by Gasteiger charge is -2.28. The zero-order valence-corrected chi connectivity index (χ0v) is 10.4. The van der Waals surface area contributed by atoms with E-state index in [0.717, 1.165) is 13.2 Å². The van der Waals surface area contributed by atoms with Crippen LogP contribution in [0.1, 0.15) is 11.6 Å². The molecule has 2 unspecified atom stereocenters. The second-order valence-electron chi connectivity index (χ2n) is 4.35. The maximum Gasteiger partial charge on any atom is 0.0638 e. The van der Waals surface area contributed by atoms with Crippen molar-refractivity contribution in [1.82, 2.24) is 5.32 Å². The standard InChI is InChI=1S/C13H16N2OS/c14-13(11-7-16-6-5-15-11)10-8-17-12-4-2-1-3-9(10)12/h1-4,8,11,13,15H,5-7,14H2. The van der Waals surface area contributed by atoms with Gasteiger partial charge >= 0.3 is 0 Å². The first-order chi connectivity index (χ1) is 8.36. The van der Waals surface area contributed by atoms with Crippen LogP contribution in [0.2, 0.25) is 0 Å². The molecule has 17 heavy (non-hydrogen) atoms. The summed E-state index contributed by atoms with van der Waals surface area (Å²) in [4.78, 5) is 0. The number of nitrogens with two attached hydrogens (primary N) is 1. The van der Waals surface area contributed by atoms with E-state index in [1.165, 1.54) is 15.6 Å². The van der Waals surface area contributed by atoms with Gasteiger partial charge in [0.2, 0.25) is 0 Å². The van der Waals surface area contributed by atoms with E-state index in [-0.39, 0.29) is 12.1 Å². The van der Waals surface area contributed by atoms with E-state index < -0.39 is 0 Å². The van der Waals surface area contributed by atoms with Crippen LogP contribution >= 0.6 is 11.3 Å². The van der Waals surface area contributed by atoms with Gasteiger partial charge in [0.25, 0.3) is 0 Å². The number of hydrogen-bond donors (Lipinski definition) is 2. The predicted molar refractivity (Wildman–Crippen MR) is 71.4 cm³/mol. The molecule has 0 bridgehead atoms. The van der Waals surface area contributed by atoms with Crippen molar-refractivity contribution in [2.75, 3.05) is 19.8 Å². The number of morpholine rings is 1. The molecule has 1 aromatic carbocycles. The second-order valence-corrected chi connectivity index (χ2v) is 5.26. The Morgan fingerprint density at radius 2 is 2.29 bits per heavy atom. The number of ether oxygens (including phenoxy) is 1. The Hall–Kier alpha value is -0.940. The SMILES string of the molecule is NC(c1csc2ccccc12)C1COCCN1. The van der Waals surface area contributed by atoms with E-state index >= 15 is 0 Å². The van der Waals surface area contributed by atoms with Crippen LogP contribution in [-0.2, 0) is 4.74 Å². The minimum atomic E-state index is 0.00597. The number of hydrogen-bond acceptors (Lipinski definition) is 4. The summed E-state index contributed by atoms with van der Waals surface area (Å²) in [6.45, 7) is 2.37. The molecule has 3 nitrogen and oxygen atoms in total. The van der Waals surface area contributed by atoms with Crippen LogP contribution in [0.4, 0.5) is 0 Å². The molecule has 4 heteroatoms. The lowest BCUT2D eigenvalue weighted by Crippen LogP contribution is -2.47. The molecule has 0 aliphatic carbocycles. The molecular formula is C13H16N2OS. The van der Waals surface area contributed by atoms with Crippen molar-refractivity contribution in [3.63, 3.8) is 0 Å². The van der Waals surface area contributed by atoms with Crippen LogP contribution in [0, 0.1) is 0 Å². The average Bonchev–Trinajstić information content (AvgIpc) is 2.83. The Balaban J connectivity index is 1.92. The molecule has 0 radical (unpaired) electrons. The largest absolute Gasteiger partial charge is 0.378 e. The third-order valence-corrected chi connectivity index (χ3v) is 4.24. The molecule has 90 valence electrons. The molecule has 3 N–H and O–H groups in total. The van der Waals surface area contributed by atoms with Crippen LogP contribution in [-0.4, -0.2) is 25.8 Å². The van der Waals surface area contributed by atoms with Gasteiger partial charge in [0.1, 0.15) is 0 Å². The Kier molecular flexibility index (Phi) is 3.11. The molecule has 2 heterocycles. The Morgan fingerprint density at radius 3 is 3.12 bits per heavy atom. The zero-order chi connectivity index (χ0) is 11.7. The Morgan fingerprint density at radius 1 is 1.41 bits per heavy atom. The molecule has 1 fully saturated rings. The van der Waals surface area contributed by atoms with Gasteiger partial charge in [-0.15, -0.1) is 11.3 Å². The molecule has 1 aliphatic rings. The molecule has 1 aliphatic heterocycles. The monoisotopic (exact) mass is 248 g/mol. The lowest BCUT2D eigenvalue weighted by molar-refractivity contribution is 0.0687. The van der Waals surface area contributed by atoms with Crippen molar-refractivity contribution < 1.29 is 4.74 Å². The molecule has 0 spiro atoms. The minimum absolute atomic E-state index is 0.00597. The summed E-state index contributed by atoms with van der Waals surface area (Å²) in [5, 5.41) is 6.87. The second kappa shape index (κ2) is 4.74. The summed E-state index contributed by atoms with van der Waals surface area (Å²) in [5.41, 5.74) is 7.57. The molecule has 3 rings (SSSR count). The first-order valence-corrected chi connectivity index (χ1v) is 6.77. The fraction of sp³-hybridized carbons (Fsp3) is 0.385. The highest BCUT2D eigenvalue weighted by Crippen LogP contribution is 2.30. The van der Waals surface area contributed by atoms with Crippen LogP contribution < -0.4 is 11.1 Å². The van der Waals surface area contributed by atoms with E-state index in [2.05, 4.69) is 35.0 Å². The first-order valence-electron chi connectivity index (χ1n) is 5.89. The predicted octanol–water partition coefficient (Wildman–Crippen LogP) is 1.89. The van der Waals surface area contributed by atoms with Crippen LogP contribution in [0.5, 0.6) is 0 Å². The number of nitrogens with one attached hydrogen (secondary N) is 1. The summed E-state index contributed by atoms with van der Waals surface area (Å²) in [7, 11) is 0. The highest BCUT2D eigenvalue weighted by molar-refractivity contribution is 7.17. The summed E-state index contributed by atoms with van der Waals surface area (Å²) in [5.74, 6) is 0. The van der Waals surface area contributed by atoms with Crippen molar-refractivity contribution in [2.45, 2.75) is 12.1 Å². The number of benzene rings is 1. The fourth-order valence-electron chi connectivity index (χ4n) is 2.29.